The third-order valence-corrected chi connectivity index (χ3v) is 2.45. The van der Waals surface area contributed by atoms with Gasteiger partial charge in [-0.25, -0.2) is 9.97 Å². The summed E-state index contributed by atoms with van der Waals surface area (Å²) in [6.45, 7) is -0.145. The van der Waals surface area contributed by atoms with Crippen LogP contribution in [0.25, 0.3) is 11.4 Å². The summed E-state index contributed by atoms with van der Waals surface area (Å²) >= 11 is 0. The minimum Gasteiger partial charge on any atom is -0.496 e. The molecule has 0 radical (unpaired) electrons. The summed E-state index contributed by atoms with van der Waals surface area (Å²) in [5.74, 6) is 0.993. The Morgan fingerprint density at radius 2 is 2.22 bits per heavy atom. The highest BCUT2D eigenvalue weighted by molar-refractivity contribution is 5.65. The first-order valence-corrected chi connectivity index (χ1v) is 5.29. The summed E-state index contributed by atoms with van der Waals surface area (Å²) in [5, 5.41) is 17.9. The molecule has 0 saturated heterocycles. The Bertz CT molecular complexity index is 605. The van der Waals surface area contributed by atoms with Crippen LogP contribution < -0.4 is 4.74 Å². The quantitative estimate of drug-likeness (QED) is 0.881. The van der Waals surface area contributed by atoms with E-state index in [-0.39, 0.29) is 6.61 Å². The van der Waals surface area contributed by atoms with E-state index in [0.717, 1.165) is 0 Å². The zero-order chi connectivity index (χ0) is 13.0. The van der Waals surface area contributed by atoms with Crippen molar-refractivity contribution in [3.63, 3.8) is 0 Å². The first-order chi connectivity index (χ1) is 8.78. The molecule has 1 aromatic carbocycles. The van der Waals surface area contributed by atoms with Crippen molar-refractivity contribution in [2.24, 2.45) is 0 Å². The number of aliphatic hydroxyl groups excluding tert-OH is 1. The molecule has 0 fully saturated rings. The molecule has 0 unspecified atom stereocenters. The average Bonchev–Trinajstić information content (AvgIpc) is 2.46. The molecule has 90 valence electrons. The van der Waals surface area contributed by atoms with Crippen LogP contribution in [0.15, 0.2) is 30.5 Å². The normalized spacial score (nSPS) is 9.83. The minimum absolute atomic E-state index is 0.145. The fourth-order valence-corrected chi connectivity index (χ4v) is 1.56. The molecule has 5 nitrogen and oxygen atoms in total. The van der Waals surface area contributed by atoms with Crippen LogP contribution in [0.2, 0.25) is 0 Å². The van der Waals surface area contributed by atoms with Gasteiger partial charge in [0.05, 0.1) is 36.6 Å². The van der Waals surface area contributed by atoms with E-state index in [1.165, 1.54) is 7.11 Å². The van der Waals surface area contributed by atoms with E-state index in [4.69, 9.17) is 15.1 Å². The van der Waals surface area contributed by atoms with E-state index in [1.807, 2.05) is 6.07 Å². The van der Waals surface area contributed by atoms with Gasteiger partial charge in [-0.15, -0.1) is 0 Å². The molecule has 0 aliphatic heterocycles. The van der Waals surface area contributed by atoms with Crippen molar-refractivity contribution in [2.45, 2.75) is 6.61 Å². The van der Waals surface area contributed by atoms with Gasteiger partial charge in [-0.1, -0.05) is 0 Å². The zero-order valence-corrected chi connectivity index (χ0v) is 9.79. The number of aromatic nitrogens is 2. The van der Waals surface area contributed by atoms with Crippen molar-refractivity contribution in [3.05, 3.63) is 41.7 Å². The lowest BCUT2D eigenvalue weighted by molar-refractivity contribution is 0.277. The van der Waals surface area contributed by atoms with Crippen LogP contribution in [0.3, 0.4) is 0 Å². The van der Waals surface area contributed by atoms with Gasteiger partial charge in [0.2, 0.25) is 0 Å². The van der Waals surface area contributed by atoms with Gasteiger partial charge in [0, 0.05) is 6.20 Å². The highest BCUT2D eigenvalue weighted by Gasteiger charge is 2.10. The third kappa shape index (κ3) is 2.29. The van der Waals surface area contributed by atoms with E-state index in [9.17, 15) is 0 Å². The first-order valence-electron chi connectivity index (χ1n) is 5.29. The largest absolute Gasteiger partial charge is 0.496 e. The Balaban J connectivity index is 2.53. The highest BCUT2D eigenvalue weighted by Crippen LogP contribution is 2.28. The second-order valence-electron chi connectivity index (χ2n) is 3.56. The van der Waals surface area contributed by atoms with Crippen LogP contribution in [0.5, 0.6) is 5.75 Å². The number of hydrogen-bond acceptors (Lipinski definition) is 5. The first kappa shape index (κ1) is 12.0. The number of aliphatic hydroxyl groups is 1. The minimum atomic E-state index is -0.145. The third-order valence-electron chi connectivity index (χ3n) is 2.45. The predicted octanol–water partition coefficient (Wildman–Crippen LogP) is 1.52. The smallest absolute Gasteiger partial charge is 0.163 e. The van der Waals surface area contributed by atoms with Crippen molar-refractivity contribution in [1.29, 1.82) is 5.26 Å². The fraction of sp³-hybridized carbons (Fsp3) is 0.154. The molecule has 0 atom stereocenters. The van der Waals surface area contributed by atoms with Crippen molar-refractivity contribution in [1.82, 2.24) is 9.97 Å². The number of hydrogen-bond donors (Lipinski definition) is 1. The number of benzene rings is 1. The number of ether oxygens (including phenoxy) is 1. The lowest BCUT2D eigenvalue weighted by Crippen LogP contribution is -1.97. The van der Waals surface area contributed by atoms with Gasteiger partial charge in [-0.3, -0.25) is 0 Å². The van der Waals surface area contributed by atoms with Crippen LogP contribution in [-0.2, 0) is 6.61 Å². The van der Waals surface area contributed by atoms with Crippen molar-refractivity contribution in [3.8, 4) is 23.2 Å². The topological polar surface area (TPSA) is 79.0 Å². The van der Waals surface area contributed by atoms with Gasteiger partial charge >= 0.3 is 0 Å². The second-order valence-corrected chi connectivity index (χ2v) is 3.56. The fourth-order valence-electron chi connectivity index (χ4n) is 1.56. The number of methoxy groups -OCH3 is 1. The van der Waals surface area contributed by atoms with Crippen molar-refractivity contribution >= 4 is 0 Å². The van der Waals surface area contributed by atoms with Gasteiger partial charge in [0.15, 0.2) is 5.82 Å². The Labute approximate surface area is 104 Å². The molecule has 1 N–H and O–H groups in total. The SMILES string of the molecule is COc1cc(C#N)ccc1-c1nccc(CO)n1. The van der Waals surface area contributed by atoms with Crippen molar-refractivity contribution in [2.75, 3.05) is 7.11 Å². The molecule has 0 saturated carbocycles. The summed E-state index contributed by atoms with van der Waals surface area (Å²) < 4.78 is 5.22. The number of nitrogens with zero attached hydrogens (tertiary/aromatic N) is 3. The van der Waals surface area contributed by atoms with E-state index in [1.54, 1.807) is 30.5 Å². The molecule has 0 amide bonds. The van der Waals surface area contributed by atoms with Gasteiger partial charge in [0.25, 0.3) is 0 Å². The highest BCUT2D eigenvalue weighted by atomic mass is 16.5. The summed E-state index contributed by atoms with van der Waals surface area (Å²) in [6.07, 6.45) is 1.57. The zero-order valence-electron chi connectivity index (χ0n) is 9.79. The van der Waals surface area contributed by atoms with Crippen LogP contribution in [0.1, 0.15) is 11.3 Å². The maximum absolute atomic E-state index is 9.05. The monoisotopic (exact) mass is 241 g/mol. The summed E-state index contributed by atoms with van der Waals surface area (Å²) in [4.78, 5) is 8.34. The Kier molecular flexibility index (Phi) is 3.51. The Hall–Kier alpha value is -2.45. The molecular weight excluding hydrogens is 230 g/mol. The molecule has 5 heteroatoms. The van der Waals surface area contributed by atoms with E-state index in [2.05, 4.69) is 9.97 Å². The lowest BCUT2D eigenvalue weighted by atomic mass is 10.1. The summed E-state index contributed by atoms with van der Waals surface area (Å²) in [7, 11) is 1.52. The molecule has 18 heavy (non-hydrogen) atoms. The number of rotatable bonds is 3. The van der Waals surface area contributed by atoms with Crippen LogP contribution in [-0.4, -0.2) is 22.2 Å². The van der Waals surface area contributed by atoms with Crippen LogP contribution in [0, 0.1) is 11.3 Å². The second kappa shape index (κ2) is 5.25. The van der Waals surface area contributed by atoms with Crippen LogP contribution in [0.4, 0.5) is 0 Å². The molecule has 0 bridgehead atoms. The molecule has 2 rings (SSSR count). The van der Waals surface area contributed by atoms with Crippen LogP contribution >= 0.6 is 0 Å². The standard InChI is InChI=1S/C13H11N3O2/c1-18-12-6-9(7-14)2-3-11(12)13-15-5-4-10(8-17)16-13/h2-6,17H,8H2,1H3. The maximum Gasteiger partial charge on any atom is 0.163 e. The summed E-state index contributed by atoms with van der Waals surface area (Å²) in [5.41, 5.74) is 1.73. The van der Waals surface area contributed by atoms with Crippen molar-refractivity contribution < 1.29 is 9.84 Å². The maximum atomic E-state index is 9.05. The predicted molar refractivity (Wildman–Crippen MR) is 64.7 cm³/mol. The molecule has 2 aromatic rings. The van der Waals surface area contributed by atoms with E-state index in [0.29, 0.717) is 28.4 Å². The Morgan fingerprint density at radius 3 is 2.89 bits per heavy atom. The van der Waals surface area contributed by atoms with Gasteiger partial charge < -0.3 is 9.84 Å². The molecule has 0 aliphatic rings. The van der Waals surface area contributed by atoms with Gasteiger partial charge in [0.1, 0.15) is 5.75 Å². The Morgan fingerprint density at radius 1 is 1.39 bits per heavy atom. The summed E-state index contributed by atoms with van der Waals surface area (Å²) in [6, 6.07) is 8.71. The molecule has 1 aromatic heterocycles. The average molecular weight is 241 g/mol. The van der Waals surface area contributed by atoms with E-state index < -0.39 is 0 Å². The van der Waals surface area contributed by atoms with E-state index >= 15 is 0 Å². The molecule has 0 spiro atoms. The molecule has 1 heterocycles. The lowest BCUT2D eigenvalue weighted by Gasteiger charge is -2.08. The van der Waals surface area contributed by atoms with Gasteiger partial charge in [-0.05, 0) is 24.3 Å². The number of nitriles is 1. The van der Waals surface area contributed by atoms with Gasteiger partial charge in [-0.2, -0.15) is 5.26 Å². The molecule has 0 aliphatic carbocycles. The molecular formula is C13H11N3O2.